The van der Waals surface area contributed by atoms with Crippen molar-refractivity contribution in [2.45, 2.75) is 31.2 Å². The van der Waals surface area contributed by atoms with Crippen LogP contribution < -0.4 is 4.72 Å². The van der Waals surface area contributed by atoms with Crippen molar-refractivity contribution in [1.82, 2.24) is 4.90 Å². The first kappa shape index (κ1) is 19.4. The van der Waals surface area contributed by atoms with E-state index in [4.69, 9.17) is 5.11 Å². The predicted octanol–water partition coefficient (Wildman–Crippen LogP) is 3.42. The highest BCUT2D eigenvalue weighted by Crippen LogP contribution is 2.20. The number of nitrogens with zero attached hydrogens (tertiary/aromatic N) is 1. The minimum absolute atomic E-state index is 0.0269. The highest BCUT2D eigenvalue weighted by molar-refractivity contribution is 7.92. The van der Waals surface area contributed by atoms with Crippen LogP contribution in [-0.2, 0) is 16.6 Å². The molecule has 1 aliphatic rings. The Morgan fingerprint density at radius 3 is 2.22 bits per heavy atom. The van der Waals surface area contributed by atoms with Gasteiger partial charge in [-0.3, -0.25) is 9.62 Å². The minimum Gasteiger partial charge on any atom is -0.478 e. The summed E-state index contributed by atoms with van der Waals surface area (Å²) in [5, 5.41) is 8.90. The highest BCUT2D eigenvalue weighted by Gasteiger charge is 2.17. The van der Waals surface area contributed by atoms with Crippen molar-refractivity contribution in [3.8, 4) is 0 Å². The molecule has 27 heavy (non-hydrogen) atoms. The van der Waals surface area contributed by atoms with E-state index in [1.165, 1.54) is 37.1 Å². The topological polar surface area (TPSA) is 86.7 Å². The number of benzene rings is 2. The van der Waals surface area contributed by atoms with E-state index in [2.05, 4.69) is 16.5 Å². The van der Waals surface area contributed by atoms with Crippen LogP contribution in [0.4, 0.5) is 5.69 Å². The van der Waals surface area contributed by atoms with E-state index in [9.17, 15) is 13.2 Å². The summed E-state index contributed by atoms with van der Waals surface area (Å²) in [6, 6.07) is 12.5. The Morgan fingerprint density at radius 1 is 1.07 bits per heavy atom. The van der Waals surface area contributed by atoms with E-state index >= 15 is 0 Å². The number of hydrogen-bond acceptors (Lipinski definition) is 4. The van der Waals surface area contributed by atoms with Gasteiger partial charge in [-0.2, -0.15) is 0 Å². The van der Waals surface area contributed by atoms with Crippen LogP contribution in [0.2, 0.25) is 0 Å². The number of aromatic carboxylic acids is 1. The van der Waals surface area contributed by atoms with Gasteiger partial charge in [-0.25, -0.2) is 13.2 Å². The van der Waals surface area contributed by atoms with Crippen molar-refractivity contribution < 1.29 is 18.3 Å². The molecule has 1 heterocycles. The second kappa shape index (κ2) is 8.10. The highest BCUT2D eigenvalue weighted by atomic mass is 32.2. The fourth-order valence-corrected chi connectivity index (χ4v) is 4.21. The normalized spacial score (nSPS) is 16.2. The zero-order chi connectivity index (χ0) is 19.4. The smallest absolute Gasteiger partial charge is 0.335 e. The summed E-state index contributed by atoms with van der Waals surface area (Å²) < 4.78 is 27.4. The molecule has 0 amide bonds. The summed E-state index contributed by atoms with van der Waals surface area (Å²) >= 11 is 0. The Labute approximate surface area is 159 Å². The van der Waals surface area contributed by atoms with Gasteiger partial charge < -0.3 is 5.11 Å². The van der Waals surface area contributed by atoms with Crippen molar-refractivity contribution in [2.24, 2.45) is 5.92 Å². The number of sulfonamides is 1. The Balaban J connectivity index is 1.63. The molecule has 0 atom stereocenters. The number of hydrogen-bond donors (Lipinski definition) is 2. The lowest BCUT2D eigenvalue weighted by molar-refractivity contribution is 0.0696. The quantitative estimate of drug-likeness (QED) is 0.792. The lowest BCUT2D eigenvalue weighted by Gasteiger charge is -2.30. The van der Waals surface area contributed by atoms with E-state index in [1.807, 2.05) is 12.1 Å². The van der Waals surface area contributed by atoms with Gasteiger partial charge in [0.1, 0.15) is 0 Å². The van der Waals surface area contributed by atoms with E-state index in [0.717, 1.165) is 31.1 Å². The molecule has 0 aliphatic carbocycles. The molecule has 1 fully saturated rings. The molecule has 0 aromatic heterocycles. The number of carboxylic acid groups (broad SMARTS) is 1. The number of carboxylic acids is 1. The molecule has 0 saturated carbocycles. The van der Waals surface area contributed by atoms with Gasteiger partial charge >= 0.3 is 5.97 Å². The third-order valence-electron chi connectivity index (χ3n) is 4.90. The standard InChI is InChI=1S/C20H24N2O4S/c1-15-10-12-22(13-11-15)14-16-2-6-18(7-3-16)21-27(25,26)19-8-4-17(5-9-19)20(23)24/h2-9,15,21H,10-14H2,1H3,(H,23,24). The van der Waals surface area contributed by atoms with Crippen molar-refractivity contribution >= 4 is 21.7 Å². The van der Waals surface area contributed by atoms with Crippen LogP contribution >= 0.6 is 0 Å². The summed E-state index contributed by atoms with van der Waals surface area (Å²) in [5.41, 5.74) is 1.68. The average Bonchev–Trinajstić information content (AvgIpc) is 2.65. The molecular formula is C20H24N2O4S. The molecular weight excluding hydrogens is 364 g/mol. The number of nitrogens with one attached hydrogen (secondary N) is 1. The molecule has 7 heteroatoms. The second-order valence-corrected chi connectivity index (χ2v) is 8.77. The van der Waals surface area contributed by atoms with Crippen molar-refractivity contribution in [1.29, 1.82) is 0 Å². The van der Waals surface area contributed by atoms with Crippen LogP contribution in [0.25, 0.3) is 0 Å². The minimum atomic E-state index is -3.76. The molecule has 144 valence electrons. The largest absolute Gasteiger partial charge is 0.478 e. The molecule has 1 saturated heterocycles. The van der Waals surface area contributed by atoms with Crippen LogP contribution in [0.3, 0.4) is 0 Å². The summed E-state index contributed by atoms with van der Waals surface area (Å²) in [7, 11) is -3.76. The van der Waals surface area contributed by atoms with Crippen LogP contribution in [-0.4, -0.2) is 37.5 Å². The van der Waals surface area contributed by atoms with Crippen LogP contribution in [0.5, 0.6) is 0 Å². The molecule has 2 aromatic rings. The van der Waals surface area contributed by atoms with Gasteiger partial charge in [-0.1, -0.05) is 19.1 Å². The Hall–Kier alpha value is -2.38. The summed E-state index contributed by atoms with van der Waals surface area (Å²) in [6.45, 7) is 5.35. The SMILES string of the molecule is CC1CCN(Cc2ccc(NS(=O)(=O)c3ccc(C(=O)O)cc3)cc2)CC1. The van der Waals surface area contributed by atoms with E-state index in [-0.39, 0.29) is 10.5 Å². The fraction of sp³-hybridized carbons (Fsp3) is 0.350. The van der Waals surface area contributed by atoms with Crippen molar-refractivity contribution in [3.63, 3.8) is 0 Å². The molecule has 2 aromatic carbocycles. The third-order valence-corrected chi connectivity index (χ3v) is 6.30. The third kappa shape index (κ3) is 5.08. The average molecular weight is 388 g/mol. The van der Waals surface area contributed by atoms with Gasteiger partial charge in [-0.05, 0) is 73.8 Å². The number of rotatable bonds is 6. The van der Waals surface area contributed by atoms with Crippen LogP contribution in [0, 0.1) is 5.92 Å². The number of likely N-dealkylation sites (tertiary alicyclic amines) is 1. The Bertz CT molecular complexity index is 885. The lowest BCUT2D eigenvalue weighted by atomic mass is 9.99. The van der Waals surface area contributed by atoms with Gasteiger partial charge in [0.25, 0.3) is 10.0 Å². The number of piperidine rings is 1. The van der Waals surface area contributed by atoms with Gasteiger partial charge in [0, 0.05) is 12.2 Å². The molecule has 0 spiro atoms. The first-order valence-corrected chi connectivity index (χ1v) is 10.5. The number of carbonyl (C=O) groups is 1. The second-order valence-electron chi connectivity index (χ2n) is 7.09. The maximum atomic E-state index is 12.4. The first-order valence-electron chi connectivity index (χ1n) is 9.01. The van der Waals surface area contributed by atoms with E-state index in [1.54, 1.807) is 12.1 Å². The zero-order valence-electron chi connectivity index (χ0n) is 15.3. The van der Waals surface area contributed by atoms with Crippen molar-refractivity contribution in [2.75, 3.05) is 17.8 Å². The maximum absolute atomic E-state index is 12.4. The predicted molar refractivity (Wildman–Crippen MR) is 104 cm³/mol. The molecule has 2 N–H and O–H groups in total. The van der Waals surface area contributed by atoms with Gasteiger partial charge in [0.05, 0.1) is 10.5 Å². The van der Waals surface area contributed by atoms with Crippen molar-refractivity contribution in [3.05, 3.63) is 59.7 Å². The maximum Gasteiger partial charge on any atom is 0.335 e. The fourth-order valence-electron chi connectivity index (χ4n) is 3.15. The van der Waals surface area contributed by atoms with E-state index < -0.39 is 16.0 Å². The van der Waals surface area contributed by atoms with E-state index in [0.29, 0.717) is 5.69 Å². The van der Waals surface area contributed by atoms with Gasteiger partial charge in [0.15, 0.2) is 0 Å². The zero-order valence-corrected chi connectivity index (χ0v) is 16.1. The molecule has 3 rings (SSSR count). The Kier molecular flexibility index (Phi) is 5.82. The van der Waals surface area contributed by atoms with Crippen LogP contribution in [0.1, 0.15) is 35.7 Å². The monoisotopic (exact) mass is 388 g/mol. The first-order chi connectivity index (χ1) is 12.8. The number of anilines is 1. The van der Waals surface area contributed by atoms with Gasteiger partial charge in [-0.15, -0.1) is 0 Å². The molecule has 0 radical (unpaired) electrons. The van der Waals surface area contributed by atoms with Crippen LogP contribution in [0.15, 0.2) is 53.4 Å². The molecule has 1 aliphatic heterocycles. The molecule has 0 unspecified atom stereocenters. The molecule has 6 nitrogen and oxygen atoms in total. The Morgan fingerprint density at radius 2 is 1.67 bits per heavy atom. The molecule has 0 bridgehead atoms. The summed E-state index contributed by atoms with van der Waals surface area (Å²) in [6.07, 6.45) is 2.44. The lowest BCUT2D eigenvalue weighted by Crippen LogP contribution is -2.32. The summed E-state index contributed by atoms with van der Waals surface area (Å²) in [5.74, 6) is -0.298. The van der Waals surface area contributed by atoms with Gasteiger partial charge in [0.2, 0.25) is 0 Å². The summed E-state index contributed by atoms with van der Waals surface area (Å²) in [4.78, 5) is 13.3.